The van der Waals surface area contributed by atoms with Gasteiger partial charge in [0, 0.05) is 19.6 Å². The van der Waals surface area contributed by atoms with Crippen molar-refractivity contribution in [3.05, 3.63) is 35.4 Å². The zero-order chi connectivity index (χ0) is 14.8. The van der Waals surface area contributed by atoms with Gasteiger partial charge in [-0.25, -0.2) is 0 Å². The van der Waals surface area contributed by atoms with Gasteiger partial charge >= 0.3 is 0 Å². The molecule has 0 bridgehead atoms. The van der Waals surface area contributed by atoms with Crippen LogP contribution in [-0.2, 0) is 11.2 Å². The van der Waals surface area contributed by atoms with E-state index in [1.54, 1.807) is 0 Å². The summed E-state index contributed by atoms with van der Waals surface area (Å²) in [6.07, 6.45) is 5.81. The minimum absolute atomic E-state index is 0.153. The monoisotopic (exact) mass is 286 g/mol. The van der Waals surface area contributed by atoms with Gasteiger partial charge in [0.2, 0.25) is 5.91 Å². The van der Waals surface area contributed by atoms with Crippen LogP contribution in [0, 0.1) is 5.92 Å². The summed E-state index contributed by atoms with van der Waals surface area (Å²) in [5.74, 6) is 1.06. The molecule has 1 aliphatic heterocycles. The minimum Gasteiger partial charge on any atom is -0.341 e. The van der Waals surface area contributed by atoms with E-state index in [1.807, 2.05) is 18.0 Å². The second-order valence-electron chi connectivity index (χ2n) is 6.70. The van der Waals surface area contributed by atoms with Crippen LogP contribution in [0.4, 0.5) is 0 Å². The van der Waals surface area contributed by atoms with Crippen molar-refractivity contribution in [2.75, 3.05) is 13.6 Å². The van der Waals surface area contributed by atoms with Crippen molar-refractivity contribution in [1.82, 2.24) is 10.2 Å². The van der Waals surface area contributed by atoms with Crippen molar-refractivity contribution >= 4 is 5.91 Å². The van der Waals surface area contributed by atoms with Gasteiger partial charge in [0.15, 0.2) is 0 Å². The first kappa shape index (κ1) is 14.6. The molecule has 1 saturated carbocycles. The minimum atomic E-state index is -0.153. The second-order valence-corrected chi connectivity index (χ2v) is 6.70. The lowest BCUT2D eigenvalue weighted by atomic mass is 9.86. The lowest BCUT2D eigenvalue weighted by Crippen LogP contribution is -2.47. The van der Waals surface area contributed by atoms with Gasteiger partial charge in [-0.05, 0) is 49.1 Å². The standard InChI is InChI=1S/C18H26N2O/c1-13-7-9-15(10-8-13)20(2)18(21)17-16-6-4-3-5-14(16)11-12-19-17/h3-6,13,15,17,19H,7-12H2,1-2H3. The quantitative estimate of drug-likeness (QED) is 0.906. The van der Waals surface area contributed by atoms with Gasteiger partial charge in [-0.3, -0.25) is 4.79 Å². The number of hydrogen-bond acceptors (Lipinski definition) is 2. The van der Waals surface area contributed by atoms with Crippen molar-refractivity contribution in [1.29, 1.82) is 0 Å². The maximum Gasteiger partial charge on any atom is 0.244 e. The molecule has 1 aliphatic carbocycles. The maximum absolute atomic E-state index is 12.9. The molecule has 1 N–H and O–H groups in total. The van der Waals surface area contributed by atoms with Gasteiger partial charge in [0.1, 0.15) is 6.04 Å². The van der Waals surface area contributed by atoms with Crippen LogP contribution in [0.5, 0.6) is 0 Å². The van der Waals surface area contributed by atoms with Crippen LogP contribution >= 0.6 is 0 Å². The Bertz CT molecular complexity index is 506. The molecule has 1 atom stereocenters. The molecule has 3 heteroatoms. The van der Waals surface area contributed by atoms with Crippen LogP contribution in [0.2, 0.25) is 0 Å². The van der Waals surface area contributed by atoms with Crippen LogP contribution in [0.25, 0.3) is 0 Å². The third kappa shape index (κ3) is 2.98. The second kappa shape index (κ2) is 6.18. The first-order valence-corrected chi connectivity index (χ1v) is 8.24. The van der Waals surface area contributed by atoms with E-state index in [4.69, 9.17) is 0 Å². The predicted octanol–water partition coefficient (Wildman–Crippen LogP) is 2.91. The predicted molar refractivity (Wildman–Crippen MR) is 85.1 cm³/mol. The number of rotatable bonds is 2. The molecular weight excluding hydrogens is 260 g/mol. The van der Waals surface area contributed by atoms with E-state index in [0.717, 1.165) is 31.7 Å². The number of fused-ring (bicyclic) bond motifs is 1. The van der Waals surface area contributed by atoms with Crippen LogP contribution in [0.1, 0.15) is 49.8 Å². The van der Waals surface area contributed by atoms with E-state index >= 15 is 0 Å². The smallest absolute Gasteiger partial charge is 0.244 e. The molecule has 21 heavy (non-hydrogen) atoms. The van der Waals surface area contributed by atoms with Crippen LogP contribution in [0.3, 0.4) is 0 Å². The highest BCUT2D eigenvalue weighted by Gasteiger charge is 2.32. The number of likely N-dealkylation sites (N-methyl/N-ethyl adjacent to an activating group) is 1. The average molecular weight is 286 g/mol. The summed E-state index contributed by atoms with van der Waals surface area (Å²) in [6, 6.07) is 8.62. The Labute approximate surface area is 127 Å². The van der Waals surface area contributed by atoms with Gasteiger partial charge in [0.05, 0.1) is 0 Å². The van der Waals surface area contributed by atoms with E-state index < -0.39 is 0 Å². The summed E-state index contributed by atoms with van der Waals surface area (Å²) in [6.45, 7) is 3.21. The molecule has 114 valence electrons. The van der Waals surface area contributed by atoms with E-state index in [1.165, 1.54) is 24.0 Å². The SMILES string of the molecule is CC1CCC(N(C)C(=O)C2NCCc3ccccc32)CC1. The number of carbonyl (C=O) groups is 1. The fourth-order valence-electron chi connectivity index (χ4n) is 3.74. The third-order valence-corrected chi connectivity index (χ3v) is 5.24. The number of nitrogens with one attached hydrogen (secondary N) is 1. The van der Waals surface area contributed by atoms with E-state index in [2.05, 4.69) is 30.4 Å². The zero-order valence-corrected chi connectivity index (χ0v) is 13.1. The Kier molecular flexibility index (Phi) is 4.29. The maximum atomic E-state index is 12.9. The summed E-state index contributed by atoms with van der Waals surface area (Å²) in [5, 5.41) is 3.41. The van der Waals surface area contributed by atoms with Crippen molar-refractivity contribution in [2.45, 2.75) is 51.1 Å². The molecule has 3 rings (SSSR count). The molecule has 2 aliphatic rings. The van der Waals surface area contributed by atoms with Crippen molar-refractivity contribution in [3.63, 3.8) is 0 Å². The molecule has 0 spiro atoms. The van der Waals surface area contributed by atoms with E-state index in [-0.39, 0.29) is 11.9 Å². The highest BCUT2D eigenvalue weighted by atomic mass is 16.2. The molecule has 0 saturated heterocycles. The molecule has 1 heterocycles. The normalized spacial score (nSPS) is 28.8. The number of benzene rings is 1. The summed E-state index contributed by atoms with van der Waals surface area (Å²) in [4.78, 5) is 14.9. The largest absolute Gasteiger partial charge is 0.341 e. The molecule has 0 aromatic heterocycles. The van der Waals surface area contributed by atoms with Gasteiger partial charge in [-0.2, -0.15) is 0 Å². The third-order valence-electron chi connectivity index (χ3n) is 5.24. The van der Waals surface area contributed by atoms with Gasteiger partial charge in [0.25, 0.3) is 0 Å². The fraction of sp³-hybridized carbons (Fsp3) is 0.611. The molecule has 1 fully saturated rings. The van der Waals surface area contributed by atoms with Gasteiger partial charge in [-0.15, -0.1) is 0 Å². The fourth-order valence-corrected chi connectivity index (χ4v) is 3.74. The van der Waals surface area contributed by atoms with Crippen LogP contribution < -0.4 is 5.32 Å². The lowest BCUT2D eigenvalue weighted by Gasteiger charge is -2.37. The summed E-state index contributed by atoms with van der Waals surface area (Å²) in [5.41, 5.74) is 2.49. The molecule has 0 radical (unpaired) electrons. The molecule has 3 nitrogen and oxygen atoms in total. The Morgan fingerprint density at radius 2 is 1.90 bits per heavy atom. The van der Waals surface area contributed by atoms with Gasteiger partial charge in [-0.1, -0.05) is 31.2 Å². The Morgan fingerprint density at radius 1 is 1.19 bits per heavy atom. The van der Waals surface area contributed by atoms with Crippen molar-refractivity contribution < 1.29 is 4.79 Å². The molecular formula is C18H26N2O. The zero-order valence-electron chi connectivity index (χ0n) is 13.1. The van der Waals surface area contributed by atoms with E-state index in [9.17, 15) is 4.79 Å². The summed E-state index contributed by atoms with van der Waals surface area (Å²) < 4.78 is 0. The highest BCUT2D eigenvalue weighted by Crippen LogP contribution is 2.29. The van der Waals surface area contributed by atoms with Gasteiger partial charge < -0.3 is 10.2 Å². The molecule has 1 aromatic carbocycles. The van der Waals surface area contributed by atoms with E-state index in [0.29, 0.717) is 6.04 Å². The van der Waals surface area contributed by atoms with Crippen molar-refractivity contribution in [2.24, 2.45) is 5.92 Å². The Morgan fingerprint density at radius 3 is 2.67 bits per heavy atom. The first-order valence-electron chi connectivity index (χ1n) is 8.24. The average Bonchev–Trinajstić information content (AvgIpc) is 2.53. The Hall–Kier alpha value is -1.35. The number of hydrogen-bond donors (Lipinski definition) is 1. The summed E-state index contributed by atoms with van der Waals surface area (Å²) in [7, 11) is 1.99. The number of carbonyl (C=O) groups excluding carboxylic acids is 1. The number of nitrogens with zero attached hydrogens (tertiary/aromatic N) is 1. The lowest BCUT2D eigenvalue weighted by molar-refractivity contribution is -0.135. The van der Waals surface area contributed by atoms with Crippen molar-refractivity contribution in [3.8, 4) is 0 Å². The molecule has 1 aromatic rings. The number of amides is 1. The Balaban J connectivity index is 1.73. The van der Waals surface area contributed by atoms with Crippen LogP contribution in [-0.4, -0.2) is 30.4 Å². The molecule has 1 unspecified atom stereocenters. The first-order chi connectivity index (χ1) is 10.2. The van der Waals surface area contributed by atoms with Crippen LogP contribution in [0.15, 0.2) is 24.3 Å². The topological polar surface area (TPSA) is 32.3 Å². The highest BCUT2D eigenvalue weighted by molar-refractivity contribution is 5.84. The summed E-state index contributed by atoms with van der Waals surface area (Å²) >= 11 is 0. The molecule has 1 amide bonds.